The van der Waals surface area contributed by atoms with Crippen LogP contribution in [-0.4, -0.2) is 51.8 Å². The van der Waals surface area contributed by atoms with E-state index in [1.807, 2.05) is 68.5 Å². The van der Waals surface area contributed by atoms with E-state index in [0.29, 0.717) is 25.2 Å². The van der Waals surface area contributed by atoms with E-state index in [-0.39, 0.29) is 24.3 Å². The summed E-state index contributed by atoms with van der Waals surface area (Å²) in [4.78, 5) is 37.5. The predicted molar refractivity (Wildman–Crippen MR) is 147 cm³/mol. The van der Waals surface area contributed by atoms with Gasteiger partial charge in [-0.05, 0) is 44.2 Å². The van der Waals surface area contributed by atoms with E-state index in [1.165, 1.54) is 11.8 Å². The second-order valence-electron chi connectivity index (χ2n) is 9.19. The van der Waals surface area contributed by atoms with Gasteiger partial charge >= 0.3 is 0 Å². The summed E-state index contributed by atoms with van der Waals surface area (Å²) in [6.45, 7) is 9.76. The Morgan fingerprint density at radius 2 is 1.67 bits per heavy atom. The zero-order valence-electron chi connectivity index (χ0n) is 21.7. The summed E-state index contributed by atoms with van der Waals surface area (Å²) >= 11 is 1.52. The van der Waals surface area contributed by atoms with Crippen molar-refractivity contribution < 1.29 is 9.59 Å². The molecule has 7 heteroatoms. The number of hydrogen-bond acceptors (Lipinski definition) is 5. The van der Waals surface area contributed by atoms with Crippen molar-refractivity contribution in [3.8, 4) is 0 Å². The number of aryl methyl sites for hydroxylation is 1. The maximum Gasteiger partial charge on any atom is 0.254 e. The lowest BCUT2D eigenvalue weighted by Gasteiger charge is -2.38. The van der Waals surface area contributed by atoms with Gasteiger partial charge in [0, 0.05) is 32.4 Å². The Kier molecular flexibility index (Phi) is 7.99. The van der Waals surface area contributed by atoms with Crippen LogP contribution in [0.25, 0.3) is 0 Å². The van der Waals surface area contributed by atoms with Gasteiger partial charge < -0.3 is 14.7 Å². The van der Waals surface area contributed by atoms with Crippen LogP contribution in [0.2, 0.25) is 0 Å². The maximum absolute atomic E-state index is 13.7. The van der Waals surface area contributed by atoms with Gasteiger partial charge in [0.25, 0.3) is 5.91 Å². The summed E-state index contributed by atoms with van der Waals surface area (Å²) in [5.74, 6) is 0.0205. The second kappa shape index (κ2) is 11.2. The Morgan fingerprint density at radius 1 is 1.00 bits per heavy atom. The molecular formula is C29H34N4O2S. The van der Waals surface area contributed by atoms with Gasteiger partial charge in [0.2, 0.25) is 5.91 Å². The molecule has 0 fully saturated rings. The maximum atomic E-state index is 13.7. The molecule has 0 aliphatic carbocycles. The van der Waals surface area contributed by atoms with Gasteiger partial charge in [0.1, 0.15) is 0 Å². The van der Waals surface area contributed by atoms with Crippen LogP contribution >= 0.6 is 11.8 Å². The van der Waals surface area contributed by atoms with Crippen LogP contribution in [-0.2, 0) is 16.1 Å². The van der Waals surface area contributed by atoms with E-state index in [9.17, 15) is 9.59 Å². The molecule has 0 saturated heterocycles. The van der Waals surface area contributed by atoms with E-state index in [2.05, 4.69) is 36.1 Å². The van der Waals surface area contributed by atoms with Crippen molar-refractivity contribution in [1.29, 1.82) is 0 Å². The van der Waals surface area contributed by atoms with Crippen molar-refractivity contribution in [3.63, 3.8) is 0 Å². The molecule has 0 N–H and O–H groups in total. The molecule has 2 heterocycles. The van der Waals surface area contributed by atoms with Gasteiger partial charge in [0.05, 0.1) is 23.7 Å². The molecule has 36 heavy (non-hydrogen) atoms. The van der Waals surface area contributed by atoms with E-state index in [1.54, 1.807) is 4.90 Å². The Morgan fingerprint density at radius 3 is 2.31 bits per heavy atom. The monoisotopic (exact) mass is 502 g/mol. The first-order chi connectivity index (χ1) is 17.3. The predicted octanol–water partition coefficient (Wildman–Crippen LogP) is 5.49. The van der Waals surface area contributed by atoms with Crippen molar-refractivity contribution in [2.24, 2.45) is 4.99 Å². The summed E-state index contributed by atoms with van der Waals surface area (Å²) in [6.07, 6.45) is 0.240. The van der Waals surface area contributed by atoms with Crippen LogP contribution in [0.5, 0.6) is 0 Å². The minimum absolute atomic E-state index is 0.00496. The number of nitrogens with zero attached hydrogens (tertiary/aromatic N) is 4. The quantitative estimate of drug-likeness (QED) is 0.479. The number of rotatable bonds is 8. The average Bonchev–Trinajstić information content (AvgIpc) is 3.26. The third-order valence-corrected chi connectivity index (χ3v) is 7.58. The minimum Gasteiger partial charge on any atom is -0.341 e. The molecule has 2 aliphatic heterocycles. The normalized spacial score (nSPS) is 16.9. The standard InChI is InChI=1S/C29H34N4O2S/c1-6-32(7-2)28(35)26-21(4)30-29-33(27(26)23-15-13-20(3)14-16-23)24(19-36-29)17-25(34)31(5)18-22-11-9-8-10-12-22/h8-16,19,27H,6-7,17-18H2,1-5H3. The number of amidine groups is 1. The fraction of sp³-hybridized carbons (Fsp3) is 0.345. The average molecular weight is 503 g/mol. The Labute approximate surface area is 218 Å². The van der Waals surface area contributed by atoms with Crippen LogP contribution in [0.15, 0.2) is 82.0 Å². The molecule has 4 rings (SSSR count). The molecule has 1 atom stereocenters. The minimum atomic E-state index is -0.334. The zero-order chi connectivity index (χ0) is 25.8. The Balaban J connectivity index is 1.66. The van der Waals surface area contributed by atoms with Gasteiger partial charge in [-0.25, -0.2) is 4.99 Å². The number of amides is 2. The number of hydrogen-bond donors (Lipinski definition) is 0. The fourth-order valence-electron chi connectivity index (χ4n) is 4.62. The van der Waals surface area contributed by atoms with Crippen LogP contribution in [0.1, 0.15) is 49.9 Å². The molecule has 0 saturated carbocycles. The van der Waals surface area contributed by atoms with Crippen LogP contribution in [0, 0.1) is 6.92 Å². The fourth-order valence-corrected chi connectivity index (χ4v) is 5.59. The number of likely N-dealkylation sites (N-methyl/N-ethyl adjacent to an activating group) is 1. The first kappa shape index (κ1) is 25.8. The van der Waals surface area contributed by atoms with Gasteiger partial charge in [-0.2, -0.15) is 0 Å². The number of allylic oxidation sites excluding steroid dienone is 1. The van der Waals surface area contributed by atoms with Gasteiger partial charge in [-0.3, -0.25) is 9.59 Å². The van der Waals surface area contributed by atoms with Crippen molar-refractivity contribution in [1.82, 2.24) is 14.7 Å². The largest absolute Gasteiger partial charge is 0.341 e. The number of carbonyl (C=O) groups excluding carboxylic acids is 2. The topological polar surface area (TPSA) is 56.2 Å². The highest BCUT2D eigenvalue weighted by atomic mass is 32.2. The molecule has 0 aromatic heterocycles. The molecule has 0 radical (unpaired) electrons. The second-order valence-corrected chi connectivity index (χ2v) is 10.0. The number of fused-ring (bicyclic) bond motifs is 1. The molecule has 0 bridgehead atoms. The van der Waals surface area contributed by atoms with Crippen molar-refractivity contribution in [3.05, 3.63) is 93.7 Å². The van der Waals surface area contributed by atoms with Gasteiger partial charge in [0.15, 0.2) is 5.17 Å². The molecule has 0 spiro atoms. The Hall–Kier alpha value is -3.32. The molecule has 188 valence electrons. The summed E-state index contributed by atoms with van der Waals surface area (Å²) in [5, 5.41) is 2.81. The number of benzene rings is 2. The van der Waals surface area contributed by atoms with Gasteiger partial charge in [-0.1, -0.05) is 71.9 Å². The first-order valence-corrected chi connectivity index (χ1v) is 13.3. The Bertz CT molecular complexity index is 1210. The third-order valence-electron chi connectivity index (χ3n) is 6.70. The van der Waals surface area contributed by atoms with E-state index < -0.39 is 0 Å². The summed E-state index contributed by atoms with van der Waals surface area (Å²) in [7, 11) is 1.83. The molecular weight excluding hydrogens is 468 g/mol. The highest BCUT2D eigenvalue weighted by Crippen LogP contribution is 2.45. The van der Waals surface area contributed by atoms with Gasteiger partial charge in [-0.15, -0.1) is 0 Å². The molecule has 2 aromatic carbocycles. The number of thioether (sulfide) groups is 1. The highest BCUT2D eigenvalue weighted by molar-refractivity contribution is 8.16. The lowest BCUT2D eigenvalue weighted by Crippen LogP contribution is -2.42. The SMILES string of the molecule is CCN(CC)C(=O)C1=C(C)N=C2SC=C(CC(=O)N(C)Cc3ccccc3)N2C1c1ccc(C)cc1. The van der Waals surface area contributed by atoms with E-state index in [4.69, 9.17) is 4.99 Å². The highest BCUT2D eigenvalue weighted by Gasteiger charge is 2.41. The summed E-state index contributed by atoms with van der Waals surface area (Å²) < 4.78 is 0. The zero-order valence-corrected chi connectivity index (χ0v) is 22.5. The first-order valence-electron chi connectivity index (χ1n) is 12.4. The van der Waals surface area contributed by atoms with Crippen molar-refractivity contribution in [2.45, 2.75) is 46.7 Å². The van der Waals surface area contributed by atoms with Crippen molar-refractivity contribution in [2.75, 3.05) is 20.1 Å². The number of aliphatic imine (C=N–C) groups is 1. The van der Waals surface area contributed by atoms with E-state index in [0.717, 1.165) is 33.3 Å². The van der Waals surface area contributed by atoms with Crippen LogP contribution in [0.3, 0.4) is 0 Å². The summed E-state index contributed by atoms with van der Waals surface area (Å²) in [6, 6.07) is 17.9. The van der Waals surface area contributed by atoms with E-state index >= 15 is 0 Å². The molecule has 1 unspecified atom stereocenters. The lowest BCUT2D eigenvalue weighted by molar-refractivity contribution is -0.129. The molecule has 2 aliphatic rings. The van der Waals surface area contributed by atoms with Crippen LogP contribution < -0.4 is 0 Å². The smallest absolute Gasteiger partial charge is 0.254 e. The number of carbonyl (C=O) groups is 2. The summed E-state index contributed by atoms with van der Waals surface area (Å²) in [5.41, 5.74) is 5.53. The third kappa shape index (κ3) is 5.26. The molecule has 2 aromatic rings. The van der Waals surface area contributed by atoms with Crippen molar-refractivity contribution >= 4 is 28.7 Å². The lowest BCUT2D eigenvalue weighted by atomic mass is 9.92. The molecule has 6 nitrogen and oxygen atoms in total. The van der Waals surface area contributed by atoms with Crippen LogP contribution in [0.4, 0.5) is 0 Å². The molecule has 2 amide bonds.